The molecule has 2 aromatic rings. The molecule has 2 aliphatic rings. The maximum atomic E-state index is 14.3. The molecule has 6 nitrogen and oxygen atoms in total. The molecule has 2 heterocycles. The minimum atomic E-state index is -3.02. The molecule has 0 radical (unpaired) electrons. The van der Waals surface area contributed by atoms with Crippen molar-refractivity contribution in [2.24, 2.45) is 16.8 Å². The topological polar surface area (TPSA) is 87.4 Å². The number of benzene rings is 1. The van der Waals surface area contributed by atoms with Gasteiger partial charge in [0.2, 0.25) is 5.92 Å². The fourth-order valence-electron chi connectivity index (χ4n) is 4.39. The molecule has 1 saturated carbocycles. The van der Waals surface area contributed by atoms with E-state index >= 15 is 0 Å². The third-order valence-electron chi connectivity index (χ3n) is 5.84. The van der Waals surface area contributed by atoms with E-state index in [-0.39, 0.29) is 23.6 Å². The second-order valence-corrected chi connectivity index (χ2v) is 9.40. The largest absolute Gasteiger partial charge is 0.466 e. The van der Waals surface area contributed by atoms with Crippen LogP contribution in [0.2, 0.25) is 5.02 Å². The van der Waals surface area contributed by atoms with E-state index in [0.29, 0.717) is 22.1 Å². The minimum Gasteiger partial charge on any atom is -0.466 e. The second kappa shape index (κ2) is 9.76. The molecule has 0 bridgehead atoms. The summed E-state index contributed by atoms with van der Waals surface area (Å²) in [5.41, 5.74) is 0.906. The standard InChI is InChI=1S/C23H20ClF3N4O2S/c1-2-33-22(32)15-10-23(26,27)9-12(15)7-18-16(11-28)19(14-4-3-13(25)8-17(14)24)31-20(30-18)21-29-5-6-34-21/h3-6,8,12,15,19H,2,7,9-10H2,1H3,(H,30,31)/t12?,15-,19?/m1/s1. The number of nitrogens with one attached hydrogen (secondary N) is 1. The van der Waals surface area contributed by atoms with Crippen molar-refractivity contribution in [3.8, 4) is 6.07 Å². The van der Waals surface area contributed by atoms with Gasteiger partial charge in [-0.3, -0.25) is 9.79 Å². The summed E-state index contributed by atoms with van der Waals surface area (Å²) in [6, 6.07) is 5.00. The number of hydrogen-bond donors (Lipinski definition) is 1. The van der Waals surface area contributed by atoms with Gasteiger partial charge in [-0.2, -0.15) is 5.26 Å². The Labute approximate surface area is 203 Å². The predicted molar refractivity (Wildman–Crippen MR) is 121 cm³/mol. The average Bonchev–Trinajstić information content (AvgIpc) is 3.41. The number of thiazole rings is 1. The average molecular weight is 509 g/mol. The number of halogens is 4. The first kappa shape index (κ1) is 24.2. The van der Waals surface area contributed by atoms with Crippen LogP contribution in [0.4, 0.5) is 13.2 Å². The van der Waals surface area contributed by atoms with Crippen LogP contribution in [0.25, 0.3) is 0 Å². The third kappa shape index (κ3) is 4.95. The van der Waals surface area contributed by atoms with Gasteiger partial charge in [0.1, 0.15) is 11.9 Å². The Bertz CT molecular complexity index is 1190. The van der Waals surface area contributed by atoms with E-state index in [4.69, 9.17) is 16.3 Å². The number of aromatic nitrogens is 1. The number of nitrogens with zero attached hydrogens (tertiary/aromatic N) is 3. The van der Waals surface area contributed by atoms with Crippen LogP contribution in [-0.4, -0.2) is 29.3 Å². The lowest BCUT2D eigenvalue weighted by atomic mass is 9.87. The van der Waals surface area contributed by atoms with Crippen molar-refractivity contribution in [1.29, 1.82) is 5.26 Å². The molecular weight excluding hydrogens is 489 g/mol. The number of rotatable bonds is 6. The molecule has 34 heavy (non-hydrogen) atoms. The lowest BCUT2D eigenvalue weighted by Crippen LogP contribution is -2.33. The van der Waals surface area contributed by atoms with Crippen molar-refractivity contribution < 1.29 is 22.7 Å². The Kier molecular flexibility index (Phi) is 6.96. The molecule has 2 unspecified atom stereocenters. The molecule has 3 atom stereocenters. The number of allylic oxidation sites excluding steroid dienone is 1. The normalized spacial score (nSPS) is 23.8. The number of carbonyl (C=O) groups is 1. The zero-order valence-electron chi connectivity index (χ0n) is 18.0. The predicted octanol–water partition coefficient (Wildman–Crippen LogP) is 5.42. The third-order valence-corrected chi connectivity index (χ3v) is 6.95. The van der Waals surface area contributed by atoms with E-state index in [0.717, 1.165) is 6.07 Å². The van der Waals surface area contributed by atoms with E-state index in [2.05, 4.69) is 21.4 Å². The number of amidine groups is 1. The van der Waals surface area contributed by atoms with Gasteiger partial charge in [0, 0.05) is 40.7 Å². The van der Waals surface area contributed by atoms with Gasteiger partial charge in [-0.1, -0.05) is 17.7 Å². The highest BCUT2D eigenvalue weighted by atomic mass is 35.5. The van der Waals surface area contributed by atoms with Gasteiger partial charge in [-0.15, -0.1) is 11.3 Å². The Balaban J connectivity index is 1.75. The molecule has 1 aliphatic heterocycles. The molecule has 1 aliphatic carbocycles. The molecule has 0 saturated heterocycles. The van der Waals surface area contributed by atoms with Gasteiger partial charge in [0.25, 0.3) is 0 Å². The van der Waals surface area contributed by atoms with Gasteiger partial charge in [0.05, 0.1) is 24.2 Å². The molecule has 1 aromatic heterocycles. The highest BCUT2D eigenvalue weighted by molar-refractivity contribution is 7.11. The van der Waals surface area contributed by atoms with E-state index in [1.54, 1.807) is 18.5 Å². The summed E-state index contributed by atoms with van der Waals surface area (Å²) < 4.78 is 47.3. The van der Waals surface area contributed by atoms with Crippen LogP contribution in [0.3, 0.4) is 0 Å². The quantitative estimate of drug-likeness (QED) is 0.526. The summed E-state index contributed by atoms with van der Waals surface area (Å²) in [7, 11) is 0. The number of nitriles is 1. The maximum absolute atomic E-state index is 14.3. The van der Waals surface area contributed by atoms with Crippen molar-refractivity contribution >= 4 is 34.7 Å². The first-order valence-corrected chi connectivity index (χ1v) is 11.9. The minimum absolute atomic E-state index is 0.00166. The molecule has 1 N–H and O–H groups in total. The molecule has 1 aromatic carbocycles. The van der Waals surface area contributed by atoms with Gasteiger partial charge in [-0.25, -0.2) is 18.2 Å². The number of alkyl halides is 2. The summed E-state index contributed by atoms with van der Waals surface area (Å²) in [5.74, 6) is -5.65. The van der Waals surface area contributed by atoms with Crippen molar-refractivity contribution in [2.75, 3.05) is 6.61 Å². The van der Waals surface area contributed by atoms with Crippen LogP contribution in [-0.2, 0) is 9.53 Å². The van der Waals surface area contributed by atoms with Crippen LogP contribution in [0.15, 0.2) is 46.0 Å². The first-order valence-electron chi connectivity index (χ1n) is 10.6. The Morgan fingerprint density at radius 1 is 1.41 bits per heavy atom. The van der Waals surface area contributed by atoms with Crippen LogP contribution >= 0.6 is 22.9 Å². The maximum Gasteiger partial charge on any atom is 0.309 e. The highest BCUT2D eigenvalue weighted by Gasteiger charge is 2.50. The summed E-state index contributed by atoms with van der Waals surface area (Å²) in [6.07, 6.45) is 0.474. The molecule has 178 valence electrons. The smallest absolute Gasteiger partial charge is 0.309 e. The van der Waals surface area contributed by atoms with Gasteiger partial charge >= 0.3 is 5.97 Å². The Morgan fingerprint density at radius 3 is 2.85 bits per heavy atom. The molecule has 1 fully saturated rings. The molecule has 0 amide bonds. The van der Waals surface area contributed by atoms with Crippen molar-refractivity contribution in [2.45, 2.75) is 38.2 Å². The fraction of sp³-hybridized carbons (Fsp3) is 0.391. The van der Waals surface area contributed by atoms with Crippen molar-refractivity contribution in [3.63, 3.8) is 0 Å². The molecule has 4 rings (SSSR count). The summed E-state index contributed by atoms with van der Waals surface area (Å²) in [5, 5.41) is 15.4. The number of hydrogen-bond acceptors (Lipinski definition) is 7. The fourth-order valence-corrected chi connectivity index (χ4v) is 5.25. The lowest BCUT2D eigenvalue weighted by molar-refractivity contribution is -0.150. The number of ether oxygens (including phenoxy) is 1. The van der Waals surface area contributed by atoms with Crippen LogP contribution in [0.1, 0.15) is 42.8 Å². The van der Waals surface area contributed by atoms with Crippen molar-refractivity contribution in [3.05, 3.63) is 62.5 Å². The zero-order valence-corrected chi connectivity index (χ0v) is 19.6. The van der Waals surface area contributed by atoms with E-state index in [1.165, 1.54) is 23.5 Å². The summed E-state index contributed by atoms with van der Waals surface area (Å²) in [4.78, 5) is 21.3. The SMILES string of the molecule is CCOC(=O)[C@@H]1CC(F)(F)CC1CC1=C(C#N)C(c2ccc(F)cc2Cl)N=C(c2nccs2)N1. The van der Waals surface area contributed by atoms with Gasteiger partial charge in [0.15, 0.2) is 10.8 Å². The lowest BCUT2D eigenvalue weighted by Gasteiger charge is -2.27. The molecular formula is C23H20ClF3N4O2S. The second-order valence-electron chi connectivity index (χ2n) is 8.10. The molecule has 11 heteroatoms. The van der Waals surface area contributed by atoms with E-state index in [1.807, 2.05) is 0 Å². The monoisotopic (exact) mass is 508 g/mol. The number of esters is 1. The van der Waals surface area contributed by atoms with Crippen LogP contribution < -0.4 is 5.32 Å². The van der Waals surface area contributed by atoms with Gasteiger partial charge in [-0.05, 0) is 31.4 Å². The Hall–Kier alpha value is -2.90. The summed E-state index contributed by atoms with van der Waals surface area (Å²) >= 11 is 7.58. The summed E-state index contributed by atoms with van der Waals surface area (Å²) in [6.45, 7) is 1.71. The molecule has 0 spiro atoms. The van der Waals surface area contributed by atoms with E-state index < -0.39 is 48.4 Å². The number of aliphatic imine (C=N–C) groups is 1. The first-order chi connectivity index (χ1) is 16.2. The van der Waals surface area contributed by atoms with Crippen LogP contribution in [0.5, 0.6) is 0 Å². The van der Waals surface area contributed by atoms with Crippen molar-refractivity contribution in [1.82, 2.24) is 10.3 Å². The Morgan fingerprint density at radius 2 is 2.21 bits per heavy atom. The zero-order chi connectivity index (χ0) is 24.5. The number of carbonyl (C=O) groups excluding carboxylic acids is 1. The van der Waals surface area contributed by atoms with Gasteiger partial charge < -0.3 is 10.1 Å². The highest BCUT2D eigenvalue weighted by Crippen LogP contribution is 2.47. The van der Waals surface area contributed by atoms with E-state index in [9.17, 15) is 23.2 Å². The van der Waals surface area contributed by atoms with Crippen LogP contribution in [0, 0.1) is 29.0 Å².